The Labute approximate surface area is 150 Å². The second-order valence-electron chi connectivity index (χ2n) is 6.94. The first-order valence-corrected chi connectivity index (χ1v) is 9.12. The van der Waals surface area contributed by atoms with E-state index in [0.717, 1.165) is 18.2 Å². The lowest BCUT2D eigenvalue weighted by Crippen LogP contribution is -2.34. The Morgan fingerprint density at radius 3 is 2.60 bits per heavy atom. The van der Waals surface area contributed by atoms with Crippen LogP contribution in [0.25, 0.3) is 0 Å². The molecule has 132 valence electrons. The Kier molecular flexibility index (Phi) is 6.07. The third-order valence-electron chi connectivity index (χ3n) is 4.72. The normalized spacial score (nSPS) is 18.9. The molecule has 2 aromatic carbocycles. The molecular weight excluding hydrogens is 308 g/mol. The molecule has 4 heteroatoms. The highest BCUT2D eigenvalue weighted by Gasteiger charge is 2.17. The van der Waals surface area contributed by atoms with Crippen molar-refractivity contribution in [2.75, 3.05) is 18.4 Å². The van der Waals surface area contributed by atoms with Crippen LogP contribution in [0.1, 0.15) is 30.9 Å². The van der Waals surface area contributed by atoms with Gasteiger partial charge in [0, 0.05) is 18.8 Å². The first-order chi connectivity index (χ1) is 12.2. The van der Waals surface area contributed by atoms with E-state index in [4.69, 9.17) is 5.73 Å². The predicted molar refractivity (Wildman–Crippen MR) is 106 cm³/mol. The summed E-state index contributed by atoms with van der Waals surface area (Å²) in [5.74, 6) is 1.25. The first-order valence-electron chi connectivity index (χ1n) is 9.12. The number of aliphatic imine (C=N–C) groups is 1. The summed E-state index contributed by atoms with van der Waals surface area (Å²) < 4.78 is 0. The molecule has 1 fully saturated rings. The Morgan fingerprint density at radius 2 is 1.84 bits per heavy atom. The lowest BCUT2D eigenvalue weighted by molar-refractivity contribution is 0.176. The lowest BCUT2D eigenvalue weighted by atomic mass is 9.99. The number of anilines is 1. The third-order valence-corrected chi connectivity index (χ3v) is 4.72. The molecule has 0 bridgehead atoms. The minimum Gasteiger partial charge on any atom is -0.370 e. The Hall–Kier alpha value is -2.33. The Bertz CT molecular complexity index is 696. The molecule has 0 amide bonds. The average molecular weight is 336 g/mol. The van der Waals surface area contributed by atoms with Crippen molar-refractivity contribution in [3.05, 3.63) is 65.7 Å². The fourth-order valence-electron chi connectivity index (χ4n) is 3.42. The van der Waals surface area contributed by atoms with Crippen LogP contribution in [0, 0.1) is 5.92 Å². The van der Waals surface area contributed by atoms with Crippen LogP contribution < -0.4 is 11.1 Å². The average Bonchev–Trinajstić information content (AvgIpc) is 2.62. The number of guanidine groups is 1. The van der Waals surface area contributed by atoms with Crippen LogP contribution >= 0.6 is 0 Å². The maximum atomic E-state index is 6.03. The molecule has 1 heterocycles. The zero-order chi connectivity index (χ0) is 17.5. The molecule has 0 spiro atoms. The zero-order valence-corrected chi connectivity index (χ0v) is 15.0. The van der Waals surface area contributed by atoms with Crippen LogP contribution in [-0.2, 0) is 13.1 Å². The van der Waals surface area contributed by atoms with Crippen molar-refractivity contribution in [1.29, 1.82) is 0 Å². The van der Waals surface area contributed by atoms with E-state index in [2.05, 4.69) is 46.4 Å². The van der Waals surface area contributed by atoms with Gasteiger partial charge in [0.15, 0.2) is 5.96 Å². The maximum Gasteiger partial charge on any atom is 0.193 e. The number of nitrogens with zero attached hydrogens (tertiary/aromatic N) is 2. The first kappa shape index (κ1) is 17.5. The van der Waals surface area contributed by atoms with Crippen LogP contribution in [0.2, 0.25) is 0 Å². The number of hydrogen-bond acceptors (Lipinski definition) is 2. The van der Waals surface area contributed by atoms with Crippen molar-refractivity contribution in [2.45, 2.75) is 32.9 Å². The number of benzene rings is 2. The van der Waals surface area contributed by atoms with Gasteiger partial charge in [-0.25, -0.2) is 4.99 Å². The topological polar surface area (TPSA) is 53.6 Å². The van der Waals surface area contributed by atoms with Crippen LogP contribution in [0.5, 0.6) is 0 Å². The van der Waals surface area contributed by atoms with E-state index in [9.17, 15) is 0 Å². The smallest absolute Gasteiger partial charge is 0.193 e. The highest BCUT2D eigenvalue weighted by Crippen LogP contribution is 2.20. The lowest BCUT2D eigenvalue weighted by Gasteiger charge is -2.31. The second-order valence-corrected chi connectivity index (χ2v) is 6.94. The fourth-order valence-corrected chi connectivity index (χ4v) is 3.42. The minimum atomic E-state index is 0.451. The summed E-state index contributed by atoms with van der Waals surface area (Å²) in [5.41, 5.74) is 9.60. The quantitative estimate of drug-likeness (QED) is 0.644. The highest BCUT2D eigenvalue weighted by molar-refractivity contribution is 5.92. The highest BCUT2D eigenvalue weighted by atomic mass is 15.1. The number of piperidine rings is 1. The summed E-state index contributed by atoms with van der Waals surface area (Å²) in [6.07, 6.45) is 2.65. The monoisotopic (exact) mass is 336 g/mol. The molecule has 1 aliphatic heterocycles. The van der Waals surface area contributed by atoms with Crippen molar-refractivity contribution < 1.29 is 0 Å². The molecular formula is C21H28N4. The van der Waals surface area contributed by atoms with Crippen molar-refractivity contribution in [1.82, 2.24) is 4.90 Å². The number of likely N-dealkylation sites (tertiary alicyclic amines) is 1. The van der Waals surface area contributed by atoms with E-state index in [1.165, 1.54) is 37.1 Å². The molecule has 0 saturated carbocycles. The molecule has 25 heavy (non-hydrogen) atoms. The largest absolute Gasteiger partial charge is 0.370 e. The van der Waals surface area contributed by atoms with Crippen molar-refractivity contribution in [2.24, 2.45) is 16.6 Å². The molecule has 0 aromatic heterocycles. The van der Waals surface area contributed by atoms with Crippen LogP contribution in [0.15, 0.2) is 59.6 Å². The Morgan fingerprint density at radius 1 is 1.12 bits per heavy atom. The van der Waals surface area contributed by atoms with E-state index in [1.807, 2.05) is 30.3 Å². The molecule has 0 radical (unpaired) electrons. The van der Waals surface area contributed by atoms with Gasteiger partial charge >= 0.3 is 0 Å². The van der Waals surface area contributed by atoms with Gasteiger partial charge in [-0.1, -0.05) is 49.4 Å². The summed E-state index contributed by atoms with van der Waals surface area (Å²) in [7, 11) is 0. The van der Waals surface area contributed by atoms with E-state index in [-0.39, 0.29) is 0 Å². The van der Waals surface area contributed by atoms with Crippen molar-refractivity contribution in [3.8, 4) is 0 Å². The van der Waals surface area contributed by atoms with Crippen molar-refractivity contribution in [3.63, 3.8) is 0 Å². The number of hydrogen-bond donors (Lipinski definition) is 2. The second kappa shape index (κ2) is 8.67. The van der Waals surface area contributed by atoms with Gasteiger partial charge in [-0.2, -0.15) is 0 Å². The summed E-state index contributed by atoms with van der Waals surface area (Å²) in [6, 6.07) is 18.5. The molecule has 3 rings (SSSR count). The minimum absolute atomic E-state index is 0.451. The number of para-hydroxylation sites is 1. The molecule has 1 unspecified atom stereocenters. The summed E-state index contributed by atoms with van der Waals surface area (Å²) in [4.78, 5) is 7.08. The molecule has 1 atom stereocenters. The van der Waals surface area contributed by atoms with Crippen LogP contribution in [0.3, 0.4) is 0 Å². The molecule has 3 N–H and O–H groups in total. The maximum absolute atomic E-state index is 6.03. The van der Waals surface area contributed by atoms with E-state index < -0.39 is 0 Å². The molecule has 0 aliphatic carbocycles. The van der Waals surface area contributed by atoms with E-state index in [0.29, 0.717) is 12.5 Å². The van der Waals surface area contributed by atoms with Gasteiger partial charge in [0.1, 0.15) is 0 Å². The van der Waals surface area contributed by atoms with Gasteiger partial charge in [-0.05, 0) is 48.6 Å². The van der Waals surface area contributed by atoms with E-state index >= 15 is 0 Å². The molecule has 4 nitrogen and oxygen atoms in total. The Balaban J connectivity index is 1.63. The van der Waals surface area contributed by atoms with Crippen molar-refractivity contribution >= 4 is 11.6 Å². The van der Waals surface area contributed by atoms with Gasteiger partial charge in [0.25, 0.3) is 0 Å². The van der Waals surface area contributed by atoms with Gasteiger partial charge in [0.05, 0.1) is 6.54 Å². The fraction of sp³-hybridized carbons (Fsp3) is 0.381. The molecule has 1 aliphatic rings. The zero-order valence-electron chi connectivity index (χ0n) is 15.0. The standard InChI is InChI=1S/C21H28N4/c1-17-8-7-13-25(15-17)16-19-10-6-5-9-18(19)14-23-21(22)24-20-11-3-2-4-12-20/h2-6,9-12,17H,7-8,13-16H2,1H3,(H3,22,23,24). The summed E-state index contributed by atoms with van der Waals surface area (Å²) in [6.45, 7) is 6.33. The number of rotatable bonds is 5. The number of nitrogens with one attached hydrogen (secondary N) is 1. The predicted octanol–water partition coefficient (Wildman–Crippen LogP) is 3.85. The molecule has 2 aromatic rings. The van der Waals surface area contributed by atoms with Gasteiger partial charge in [-0.15, -0.1) is 0 Å². The summed E-state index contributed by atoms with van der Waals surface area (Å²) in [5, 5.41) is 3.14. The van der Waals surface area contributed by atoms with Crippen LogP contribution in [-0.4, -0.2) is 23.9 Å². The van der Waals surface area contributed by atoms with Gasteiger partial charge < -0.3 is 11.1 Å². The summed E-state index contributed by atoms with van der Waals surface area (Å²) >= 11 is 0. The van der Waals surface area contributed by atoms with E-state index in [1.54, 1.807) is 0 Å². The van der Waals surface area contributed by atoms with Crippen LogP contribution in [0.4, 0.5) is 5.69 Å². The number of nitrogens with two attached hydrogens (primary N) is 1. The van der Waals surface area contributed by atoms with Gasteiger partial charge in [0.2, 0.25) is 0 Å². The third kappa shape index (κ3) is 5.33. The molecule has 1 saturated heterocycles. The van der Waals surface area contributed by atoms with Gasteiger partial charge in [-0.3, -0.25) is 4.90 Å². The SMILES string of the molecule is CC1CCCN(Cc2ccccc2CN=C(N)Nc2ccccc2)C1.